The number of aliphatic hydroxyl groups excluding tert-OH is 1. The molecule has 6 rings (SSSR count). The van der Waals surface area contributed by atoms with Gasteiger partial charge in [-0.3, -0.25) is 9.89 Å². The first-order valence-corrected chi connectivity index (χ1v) is 12.0. The van der Waals surface area contributed by atoms with Crippen molar-refractivity contribution in [3.8, 4) is 12.3 Å². The van der Waals surface area contributed by atoms with Crippen molar-refractivity contribution in [3.05, 3.63) is 41.7 Å². The van der Waals surface area contributed by atoms with E-state index >= 15 is 0 Å². The van der Waals surface area contributed by atoms with E-state index < -0.39 is 18.5 Å². The van der Waals surface area contributed by atoms with Crippen molar-refractivity contribution < 1.29 is 23.0 Å². The predicted octanol–water partition coefficient (Wildman–Crippen LogP) is 3.56. The van der Waals surface area contributed by atoms with Crippen LogP contribution in [-0.4, -0.2) is 77.9 Å². The minimum Gasteiger partial charge on any atom is -0.450 e. The van der Waals surface area contributed by atoms with Crippen LogP contribution >= 0.6 is 0 Å². The van der Waals surface area contributed by atoms with Crippen LogP contribution in [0, 0.1) is 12.3 Å². The van der Waals surface area contributed by atoms with E-state index in [1.807, 2.05) is 35.2 Å². The SMILES string of the molecule is C#CC1=CC(N2CCOCC2)C(O)N=C1.FC(F)c1nc(N2CCCC2)c2oc3ccccc3c2n1. The molecule has 2 aromatic heterocycles. The van der Waals surface area contributed by atoms with E-state index in [1.165, 1.54) is 0 Å². The maximum atomic E-state index is 13.1. The first-order valence-electron chi connectivity index (χ1n) is 12.0. The van der Waals surface area contributed by atoms with Crippen LogP contribution in [0.2, 0.25) is 0 Å². The molecule has 1 aromatic carbocycles. The van der Waals surface area contributed by atoms with Crippen LogP contribution in [0.25, 0.3) is 22.1 Å². The highest BCUT2D eigenvalue weighted by Gasteiger charge is 2.27. The van der Waals surface area contributed by atoms with E-state index in [-0.39, 0.29) is 6.04 Å². The first kappa shape index (κ1) is 24.3. The van der Waals surface area contributed by atoms with Crippen LogP contribution in [0.4, 0.5) is 14.6 Å². The molecule has 36 heavy (non-hydrogen) atoms. The number of nitrogens with zero attached hydrogens (tertiary/aromatic N) is 5. The van der Waals surface area contributed by atoms with Gasteiger partial charge in [-0.15, -0.1) is 6.42 Å². The number of allylic oxidation sites excluding steroid dienone is 1. The molecule has 3 aliphatic heterocycles. The molecule has 0 bridgehead atoms. The highest BCUT2D eigenvalue weighted by atomic mass is 19.3. The topological polar surface area (TPSA) is 87.2 Å². The number of ether oxygens (including phenoxy) is 1. The lowest BCUT2D eigenvalue weighted by Gasteiger charge is -2.35. The molecular formula is C26H27F2N5O3. The Kier molecular flexibility index (Phi) is 7.23. The molecule has 5 heterocycles. The number of hydrogen-bond donors (Lipinski definition) is 1. The van der Waals surface area contributed by atoms with Crippen LogP contribution in [0.5, 0.6) is 0 Å². The van der Waals surface area contributed by atoms with Crippen LogP contribution in [0.1, 0.15) is 25.1 Å². The monoisotopic (exact) mass is 495 g/mol. The van der Waals surface area contributed by atoms with Gasteiger partial charge in [-0.2, -0.15) is 0 Å². The Morgan fingerprint density at radius 3 is 2.56 bits per heavy atom. The van der Waals surface area contributed by atoms with Gasteiger partial charge in [0.05, 0.1) is 19.3 Å². The van der Waals surface area contributed by atoms with Gasteiger partial charge in [0, 0.05) is 43.4 Å². The molecule has 1 N–H and O–H groups in total. The molecular weight excluding hydrogens is 468 g/mol. The molecule has 2 saturated heterocycles. The summed E-state index contributed by atoms with van der Waals surface area (Å²) in [5.74, 6) is 2.59. The largest absolute Gasteiger partial charge is 0.450 e. The van der Waals surface area contributed by atoms with E-state index in [1.54, 1.807) is 6.21 Å². The number of benzene rings is 1. The van der Waals surface area contributed by atoms with Gasteiger partial charge in [0.15, 0.2) is 23.5 Å². The Hall–Kier alpha value is -3.39. The van der Waals surface area contributed by atoms with Gasteiger partial charge in [0.25, 0.3) is 6.43 Å². The maximum absolute atomic E-state index is 13.1. The summed E-state index contributed by atoms with van der Waals surface area (Å²) in [6.07, 6.45) is 7.42. The number of aliphatic imine (C=N–C) groups is 1. The van der Waals surface area contributed by atoms with Gasteiger partial charge in [-0.1, -0.05) is 18.1 Å². The Morgan fingerprint density at radius 2 is 1.83 bits per heavy atom. The van der Waals surface area contributed by atoms with Gasteiger partial charge in [-0.05, 0) is 31.1 Å². The summed E-state index contributed by atoms with van der Waals surface area (Å²) < 4.78 is 37.3. The predicted molar refractivity (Wildman–Crippen MR) is 133 cm³/mol. The highest BCUT2D eigenvalue weighted by Crippen LogP contribution is 2.35. The number of halogens is 2. The fourth-order valence-corrected chi connectivity index (χ4v) is 4.65. The normalized spacial score (nSPS) is 22.5. The van der Waals surface area contributed by atoms with Crippen molar-refractivity contribution in [2.45, 2.75) is 31.5 Å². The quantitative estimate of drug-likeness (QED) is 0.556. The highest BCUT2D eigenvalue weighted by molar-refractivity contribution is 6.05. The second kappa shape index (κ2) is 10.7. The van der Waals surface area contributed by atoms with E-state index in [2.05, 4.69) is 25.8 Å². The third kappa shape index (κ3) is 4.95. The lowest BCUT2D eigenvalue weighted by Crippen LogP contribution is -2.48. The smallest absolute Gasteiger partial charge is 0.297 e. The molecule has 3 aliphatic rings. The zero-order valence-corrected chi connectivity index (χ0v) is 19.7. The summed E-state index contributed by atoms with van der Waals surface area (Å²) in [7, 11) is 0. The third-order valence-electron chi connectivity index (χ3n) is 6.48. The molecule has 0 aliphatic carbocycles. The number of fused-ring (bicyclic) bond motifs is 3. The number of morpholine rings is 1. The summed E-state index contributed by atoms with van der Waals surface area (Å²) in [5, 5.41) is 10.5. The number of alkyl halides is 2. The molecule has 188 valence electrons. The third-order valence-corrected chi connectivity index (χ3v) is 6.48. The van der Waals surface area contributed by atoms with Crippen molar-refractivity contribution >= 4 is 34.1 Å². The van der Waals surface area contributed by atoms with Crippen molar-refractivity contribution in [1.29, 1.82) is 0 Å². The molecule has 2 unspecified atom stereocenters. The second-order valence-electron chi connectivity index (χ2n) is 8.77. The van der Waals surface area contributed by atoms with E-state index in [0.29, 0.717) is 35.7 Å². The van der Waals surface area contributed by atoms with Crippen LogP contribution in [0.15, 0.2) is 45.3 Å². The standard InChI is InChI=1S/C15H13F2N3O.C11H14N2O2/c16-13(17)14-18-11-9-5-1-2-6-10(9)21-12(11)15(19-14)20-7-3-4-8-20;1-2-9-7-10(11(14)12-8-9)13-3-5-15-6-4-13/h1-2,5-6,13H,3-4,7-8H2;1,7-8,10-11,14H,3-6H2. The summed E-state index contributed by atoms with van der Waals surface area (Å²) >= 11 is 0. The zero-order valence-electron chi connectivity index (χ0n) is 19.7. The van der Waals surface area contributed by atoms with Gasteiger partial charge in [-0.25, -0.2) is 18.7 Å². The zero-order chi connectivity index (χ0) is 25.1. The number of terminal acetylenes is 1. The number of rotatable bonds is 3. The lowest BCUT2D eigenvalue weighted by molar-refractivity contribution is -0.00532. The van der Waals surface area contributed by atoms with Gasteiger partial charge < -0.3 is 19.2 Å². The van der Waals surface area contributed by atoms with Crippen LogP contribution in [0.3, 0.4) is 0 Å². The van der Waals surface area contributed by atoms with Crippen LogP contribution in [-0.2, 0) is 4.74 Å². The summed E-state index contributed by atoms with van der Waals surface area (Å²) in [4.78, 5) is 16.2. The fraction of sp³-hybridized carbons (Fsp3) is 0.423. The van der Waals surface area contributed by atoms with Gasteiger partial charge in [0.1, 0.15) is 11.1 Å². The Morgan fingerprint density at radius 1 is 1.08 bits per heavy atom. The number of anilines is 1. The summed E-state index contributed by atoms with van der Waals surface area (Å²) in [6, 6.07) is 7.23. The lowest BCUT2D eigenvalue weighted by atomic mass is 10.1. The first-order chi connectivity index (χ1) is 17.5. The average molecular weight is 496 g/mol. The molecule has 10 heteroatoms. The molecule has 2 atom stereocenters. The minimum atomic E-state index is -2.69. The van der Waals surface area contributed by atoms with Crippen molar-refractivity contribution in [2.24, 2.45) is 4.99 Å². The van der Waals surface area contributed by atoms with E-state index in [4.69, 9.17) is 15.6 Å². The van der Waals surface area contributed by atoms with Crippen LogP contribution < -0.4 is 4.90 Å². The van der Waals surface area contributed by atoms with Gasteiger partial charge in [0.2, 0.25) is 0 Å². The average Bonchev–Trinajstić information content (AvgIpc) is 3.58. The Balaban J connectivity index is 0.000000157. The van der Waals surface area contributed by atoms with Crippen molar-refractivity contribution in [1.82, 2.24) is 14.9 Å². The number of dihydropyridines is 1. The minimum absolute atomic E-state index is 0.107. The Bertz CT molecular complexity index is 1320. The van der Waals surface area contributed by atoms with Crippen molar-refractivity contribution in [2.75, 3.05) is 44.3 Å². The van der Waals surface area contributed by atoms with Gasteiger partial charge >= 0.3 is 0 Å². The molecule has 3 aromatic rings. The van der Waals surface area contributed by atoms with E-state index in [9.17, 15) is 13.9 Å². The second-order valence-corrected chi connectivity index (χ2v) is 8.77. The summed E-state index contributed by atoms with van der Waals surface area (Å²) in [5.41, 5.74) is 2.35. The fourth-order valence-electron chi connectivity index (χ4n) is 4.65. The van der Waals surface area contributed by atoms with E-state index in [0.717, 1.165) is 50.0 Å². The number of aromatic nitrogens is 2. The number of furan rings is 1. The number of para-hydroxylation sites is 1. The summed E-state index contributed by atoms with van der Waals surface area (Å²) in [6.45, 7) is 4.65. The number of hydrogen-bond acceptors (Lipinski definition) is 8. The molecule has 0 saturated carbocycles. The molecule has 8 nitrogen and oxygen atoms in total. The number of aliphatic hydroxyl groups is 1. The molecule has 0 amide bonds. The molecule has 2 fully saturated rings. The van der Waals surface area contributed by atoms with Crippen molar-refractivity contribution in [3.63, 3.8) is 0 Å². The molecule has 0 radical (unpaired) electrons. The molecule has 0 spiro atoms. The maximum Gasteiger partial charge on any atom is 0.297 e. The Labute approximate surface area is 207 Å².